The SMILES string of the molecule is CC(C)C(NC(=O)c1ccc(Cl)c(Cl)c1)C(=O)NN=Cc1ccc(-c2ccc([N+](=O)[O-])cc2Br)o1. The van der Waals surface area contributed by atoms with E-state index in [1.807, 2.05) is 0 Å². The highest BCUT2D eigenvalue weighted by Crippen LogP contribution is 2.32. The van der Waals surface area contributed by atoms with Crippen molar-refractivity contribution in [2.45, 2.75) is 19.9 Å². The number of halogens is 3. The zero-order chi connectivity index (χ0) is 25.7. The van der Waals surface area contributed by atoms with Crippen molar-refractivity contribution in [3.05, 3.63) is 84.5 Å². The molecular weight excluding hydrogens is 563 g/mol. The van der Waals surface area contributed by atoms with E-state index in [4.69, 9.17) is 27.6 Å². The van der Waals surface area contributed by atoms with Gasteiger partial charge in [0, 0.05) is 27.7 Å². The predicted octanol–water partition coefficient (Wildman–Crippen LogP) is 5.83. The van der Waals surface area contributed by atoms with E-state index in [-0.39, 0.29) is 22.2 Å². The highest BCUT2D eigenvalue weighted by atomic mass is 79.9. The zero-order valence-corrected chi connectivity index (χ0v) is 21.5. The molecule has 0 saturated heterocycles. The van der Waals surface area contributed by atoms with Crippen LogP contribution in [0.5, 0.6) is 0 Å². The van der Waals surface area contributed by atoms with Gasteiger partial charge in [-0.1, -0.05) is 37.0 Å². The van der Waals surface area contributed by atoms with Gasteiger partial charge in [0.1, 0.15) is 17.6 Å². The van der Waals surface area contributed by atoms with Crippen LogP contribution in [0.4, 0.5) is 5.69 Å². The maximum Gasteiger partial charge on any atom is 0.270 e. The number of amides is 2. The number of rotatable bonds is 8. The second-order valence-electron chi connectivity index (χ2n) is 7.68. The van der Waals surface area contributed by atoms with Crippen LogP contribution in [0.2, 0.25) is 10.0 Å². The van der Waals surface area contributed by atoms with Crippen LogP contribution in [0.25, 0.3) is 11.3 Å². The normalized spacial score (nSPS) is 12.1. The number of hydrogen-bond donors (Lipinski definition) is 2. The molecule has 1 atom stereocenters. The quantitative estimate of drug-likeness (QED) is 0.196. The van der Waals surface area contributed by atoms with Crippen LogP contribution < -0.4 is 10.7 Å². The molecule has 1 aromatic heterocycles. The first-order valence-electron chi connectivity index (χ1n) is 10.2. The van der Waals surface area contributed by atoms with Crippen LogP contribution in [0.1, 0.15) is 30.0 Å². The molecule has 2 amide bonds. The summed E-state index contributed by atoms with van der Waals surface area (Å²) in [4.78, 5) is 35.6. The van der Waals surface area contributed by atoms with Gasteiger partial charge in [0.15, 0.2) is 0 Å². The Kier molecular flexibility index (Phi) is 8.66. The summed E-state index contributed by atoms with van der Waals surface area (Å²) in [5.74, 6) is -0.438. The Morgan fingerprint density at radius 3 is 2.49 bits per heavy atom. The van der Waals surface area contributed by atoms with E-state index >= 15 is 0 Å². The molecule has 2 N–H and O–H groups in total. The third-order valence-corrected chi connectivity index (χ3v) is 6.23. The third kappa shape index (κ3) is 6.68. The van der Waals surface area contributed by atoms with Gasteiger partial charge >= 0.3 is 0 Å². The van der Waals surface area contributed by atoms with Crippen molar-refractivity contribution in [2.75, 3.05) is 0 Å². The first-order chi connectivity index (χ1) is 16.6. The lowest BCUT2D eigenvalue weighted by atomic mass is 10.0. The Labute approximate surface area is 218 Å². The highest BCUT2D eigenvalue weighted by Gasteiger charge is 2.25. The van der Waals surface area contributed by atoms with Crippen LogP contribution in [0.15, 0.2) is 62.5 Å². The molecule has 0 bridgehead atoms. The van der Waals surface area contributed by atoms with E-state index in [1.165, 1.54) is 36.5 Å². The fraction of sp³-hybridized carbons (Fsp3) is 0.174. The Bertz CT molecular complexity index is 1310. The Morgan fingerprint density at radius 2 is 1.86 bits per heavy atom. The van der Waals surface area contributed by atoms with Crippen molar-refractivity contribution in [1.29, 1.82) is 0 Å². The van der Waals surface area contributed by atoms with Gasteiger partial charge in [-0.15, -0.1) is 0 Å². The minimum absolute atomic E-state index is 0.0531. The number of carbonyl (C=O) groups is 2. The monoisotopic (exact) mass is 580 g/mol. The van der Waals surface area contributed by atoms with Gasteiger partial charge in [0.2, 0.25) is 0 Å². The summed E-state index contributed by atoms with van der Waals surface area (Å²) >= 11 is 15.2. The van der Waals surface area contributed by atoms with E-state index in [2.05, 4.69) is 31.8 Å². The topological polar surface area (TPSA) is 127 Å². The third-order valence-electron chi connectivity index (χ3n) is 4.84. The number of benzene rings is 2. The summed E-state index contributed by atoms with van der Waals surface area (Å²) in [5, 5.41) is 18.0. The Hall–Kier alpha value is -3.21. The zero-order valence-electron chi connectivity index (χ0n) is 18.4. The molecule has 0 radical (unpaired) electrons. The van der Waals surface area contributed by atoms with E-state index in [0.717, 1.165) is 0 Å². The van der Waals surface area contributed by atoms with Gasteiger partial charge < -0.3 is 9.73 Å². The van der Waals surface area contributed by atoms with Crippen LogP contribution in [-0.2, 0) is 4.79 Å². The molecule has 3 rings (SSSR count). The van der Waals surface area contributed by atoms with Crippen molar-refractivity contribution in [3.63, 3.8) is 0 Å². The fourth-order valence-electron chi connectivity index (χ4n) is 3.01. The molecule has 0 aliphatic rings. The molecule has 1 unspecified atom stereocenters. The van der Waals surface area contributed by atoms with Crippen molar-refractivity contribution < 1.29 is 18.9 Å². The summed E-state index contributed by atoms with van der Waals surface area (Å²) in [5.41, 5.74) is 3.22. The molecular formula is C23H19BrCl2N4O5. The van der Waals surface area contributed by atoms with E-state index in [9.17, 15) is 19.7 Å². The molecule has 35 heavy (non-hydrogen) atoms. The molecule has 182 valence electrons. The number of carbonyl (C=O) groups excluding carboxylic acids is 2. The van der Waals surface area contributed by atoms with Gasteiger partial charge in [0.05, 0.1) is 21.2 Å². The number of nitro groups is 1. The van der Waals surface area contributed by atoms with E-state index in [1.54, 1.807) is 32.0 Å². The number of nitro benzene ring substituents is 1. The fourth-order valence-corrected chi connectivity index (χ4v) is 3.87. The number of hydrazone groups is 1. The standard InChI is InChI=1S/C23H19BrCl2N4O5/c1-12(2)21(28-22(31)13-3-7-18(25)19(26)9-13)23(32)29-27-11-15-5-8-20(35-15)16-6-4-14(30(33)34)10-17(16)24/h3-12,21H,1-2H3,(H,28,31)(H,29,32). The maximum atomic E-state index is 12.6. The molecule has 12 heteroatoms. The number of non-ortho nitro benzene ring substituents is 1. The lowest BCUT2D eigenvalue weighted by molar-refractivity contribution is -0.384. The molecule has 0 saturated carbocycles. The van der Waals surface area contributed by atoms with Crippen LogP contribution in [0.3, 0.4) is 0 Å². The number of hydrogen-bond acceptors (Lipinski definition) is 6. The molecule has 2 aromatic carbocycles. The van der Waals surface area contributed by atoms with Crippen LogP contribution in [0, 0.1) is 16.0 Å². The summed E-state index contributed by atoms with van der Waals surface area (Å²) in [6.07, 6.45) is 1.30. The van der Waals surface area contributed by atoms with E-state index < -0.39 is 22.8 Å². The molecule has 3 aromatic rings. The highest BCUT2D eigenvalue weighted by molar-refractivity contribution is 9.10. The molecule has 1 heterocycles. The lowest BCUT2D eigenvalue weighted by Gasteiger charge is -2.20. The summed E-state index contributed by atoms with van der Waals surface area (Å²) in [7, 11) is 0. The second-order valence-corrected chi connectivity index (χ2v) is 9.35. The predicted molar refractivity (Wildman–Crippen MR) is 137 cm³/mol. The van der Waals surface area contributed by atoms with Gasteiger partial charge in [0.25, 0.3) is 17.5 Å². The second kappa shape index (κ2) is 11.5. The lowest BCUT2D eigenvalue weighted by Crippen LogP contribution is -2.48. The first-order valence-corrected chi connectivity index (χ1v) is 11.7. The summed E-state index contributed by atoms with van der Waals surface area (Å²) in [6.45, 7) is 3.56. The van der Waals surface area contributed by atoms with Gasteiger partial charge in [-0.25, -0.2) is 5.43 Å². The minimum Gasteiger partial charge on any atom is -0.455 e. The van der Waals surface area contributed by atoms with Crippen molar-refractivity contribution >= 4 is 62.8 Å². The molecule has 9 nitrogen and oxygen atoms in total. The van der Waals surface area contributed by atoms with Crippen molar-refractivity contribution in [2.24, 2.45) is 11.0 Å². The number of furan rings is 1. The summed E-state index contributed by atoms with van der Waals surface area (Å²) in [6, 6.07) is 11.2. The molecule has 0 fully saturated rings. The van der Waals surface area contributed by atoms with Crippen molar-refractivity contribution in [3.8, 4) is 11.3 Å². The van der Waals surface area contributed by atoms with Crippen LogP contribution >= 0.6 is 39.1 Å². The molecule has 0 aliphatic heterocycles. The van der Waals surface area contributed by atoms with Gasteiger partial charge in [-0.2, -0.15) is 5.10 Å². The average molecular weight is 582 g/mol. The first kappa shape index (κ1) is 26.4. The van der Waals surface area contributed by atoms with Gasteiger partial charge in [-0.3, -0.25) is 19.7 Å². The Balaban J connectivity index is 1.65. The smallest absolute Gasteiger partial charge is 0.270 e. The number of nitrogens with one attached hydrogen (secondary N) is 2. The average Bonchev–Trinajstić information content (AvgIpc) is 3.27. The Morgan fingerprint density at radius 1 is 1.11 bits per heavy atom. The maximum absolute atomic E-state index is 12.6. The van der Waals surface area contributed by atoms with Crippen molar-refractivity contribution in [1.82, 2.24) is 10.7 Å². The minimum atomic E-state index is -0.864. The number of nitrogens with zero attached hydrogens (tertiary/aromatic N) is 2. The largest absolute Gasteiger partial charge is 0.455 e. The summed E-state index contributed by atoms with van der Waals surface area (Å²) < 4.78 is 6.19. The van der Waals surface area contributed by atoms with Gasteiger partial charge in [-0.05, 0) is 58.2 Å². The van der Waals surface area contributed by atoms with Crippen LogP contribution in [-0.4, -0.2) is 29.0 Å². The molecule has 0 aliphatic carbocycles. The van der Waals surface area contributed by atoms with E-state index in [0.29, 0.717) is 26.6 Å². The molecule has 0 spiro atoms.